The number of oxime groups is 1. The number of amides is 1. The molecule has 2 N–H and O–H groups in total. The van der Waals surface area contributed by atoms with E-state index in [1.807, 2.05) is 47.4 Å². The van der Waals surface area contributed by atoms with Crippen LogP contribution in [-0.2, 0) is 25.7 Å². The number of carbonyl (C=O) groups excluding carboxylic acids is 2. The monoisotopic (exact) mass is 876 g/mol. The number of aliphatic hydroxyl groups is 2. The lowest BCUT2D eigenvalue weighted by Crippen LogP contribution is -2.70. The molecule has 13 nitrogen and oxygen atoms in total. The number of aliphatic hydroxyl groups excluding tert-OH is 2. The summed E-state index contributed by atoms with van der Waals surface area (Å²) >= 11 is 0. The largest absolute Gasteiger partial charge is 0.459 e. The zero-order valence-electron chi connectivity index (χ0n) is 36.4. The second kappa shape index (κ2) is 19.9. The highest BCUT2D eigenvalue weighted by Crippen LogP contribution is 2.62. The Morgan fingerprint density at radius 2 is 1.73 bits per heavy atom. The number of rotatable bonds is 20. The van der Waals surface area contributed by atoms with Gasteiger partial charge < -0.3 is 48.4 Å². The zero-order valence-corrected chi connectivity index (χ0v) is 36.4. The lowest BCUT2D eigenvalue weighted by atomic mass is 9.55. The number of fused-ring (bicyclic) bond motifs is 3. The number of allylic oxidation sites excluding steroid dienone is 1. The van der Waals surface area contributed by atoms with Gasteiger partial charge in [0.1, 0.15) is 29.6 Å². The van der Waals surface area contributed by atoms with Gasteiger partial charge in [-0.15, -0.1) is 6.58 Å². The number of unbranched alkanes of at least 4 members (excludes halogenated alkanes) is 2. The molecule has 0 bridgehead atoms. The van der Waals surface area contributed by atoms with E-state index in [2.05, 4.69) is 12.7 Å². The van der Waals surface area contributed by atoms with Crippen LogP contribution in [0.5, 0.6) is 28.7 Å². The Labute approximate surface area is 374 Å². The molecule has 3 aliphatic heterocycles. The van der Waals surface area contributed by atoms with E-state index in [1.54, 1.807) is 24.3 Å². The van der Waals surface area contributed by atoms with E-state index in [1.165, 1.54) is 0 Å². The molecule has 3 heterocycles. The molecule has 3 fully saturated rings. The maximum absolute atomic E-state index is 15.0. The first-order valence-corrected chi connectivity index (χ1v) is 23.2. The van der Waals surface area contributed by atoms with E-state index in [0.29, 0.717) is 53.8 Å². The van der Waals surface area contributed by atoms with E-state index in [-0.39, 0.29) is 69.2 Å². The molecule has 7 unspecified atom stereocenters. The fraction of sp³-hybridized carbons (Fsp3) is 0.510. The Morgan fingerprint density at radius 3 is 2.52 bits per heavy atom. The van der Waals surface area contributed by atoms with Gasteiger partial charge in [-0.1, -0.05) is 48.3 Å². The van der Waals surface area contributed by atoms with Crippen molar-refractivity contribution in [3.63, 3.8) is 0 Å². The van der Waals surface area contributed by atoms with Crippen LogP contribution in [-0.4, -0.2) is 84.4 Å². The quantitative estimate of drug-likeness (QED) is 0.0485. The second-order valence-corrected chi connectivity index (χ2v) is 17.9. The van der Waals surface area contributed by atoms with E-state index in [9.17, 15) is 19.8 Å². The van der Waals surface area contributed by atoms with Crippen molar-refractivity contribution in [1.82, 2.24) is 4.90 Å². The van der Waals surface area contributed by atoms with Crippen LogP contribution in [0, 0.1) is 23.7 Å². The fourth-order valence-corrected chi connectivity index (χ4v) is 10.6. The summed E-state index contributed by atoms with van der Waals surface area (Å²) in [7, 11) is 0. The van der Waals surface area contributed by atoms with Crippen molar-refractivity contribution in [2.75, 3.05) is 33.2 Å². The Morgan fingerprint density at radius 1 is 0.922 bits per heavy atom. The molecule has 6 aliphatic rings. The van der Waals surface area contributed by atoms with Gasteiger partial charge in [0.05, 0.1) is 24.8 Å². The highest BCUT2D eigenvalue weighted by molar-refractivity contribution is 6.03. The molecule has 9 rings (SSSR count). The number of nitrogens with zero attached hydrogens (tertiary/aromatic N) is 2. The molecule has 7 atom stereocenters. The average molecular weight is 877 g/mol. The van der Waals surface area contributed by atoms with Gasteiger partial charge in [-0.3, -0.25) is 9.59 Å². The van der Waals surface area contributed by atoms with Crippen molar-refractivity contribution >= 4 is 17.9 Å². The molecule has 64 heavy (non-hydrogen) atoms. The zero-order chi connectivity index (χ0) is 44.0. The lowest BCUT2D eigenvalue weighted by molar-refractivity contribution is -0.258. The maximum atomic E-state index is 15.0. The van der Waals surface area contributed by atoms with Crippen molar-refractivity contribution in [2.24, 2.45) is 28.8 Å². The molecule has 3 aromatic rings. The van der Waals surface area contributed by atoms with Crippen LogP contribution in [0.4, 0.5) is 0 Å². The molecule has 3 aliphatic carbocycles. The van der Waals surface area contributed by atoms with Crippen molar-refractivity contribution in [2.45, 2.75) is 108 Å². The molecule has 0 radical (unpaired) electrons. The summed E-state index contributed by atoms with van der Waals surface area (Å²) in [6, 6.07) is 18.0. The summed E-state index contributed by atoms with van der Waals surface area (Å²) in [6.07, 6.45) is 13.5. The normalized spacial score (nSPS) is 27.1. The van der Waals surface area contributed by atoms with Gasteiger partial charge in [-0.2, -0.15) is 0 Å². The predicted molar refractivity (Wildman–Crippen MR) is 237 cm³/mol. The van der Waals surface area contributed by atoms with Gasteiger partial charge in [-0.05, 0) is 117 Å². The molecule has 2 saturated carbocycles. The van der Waals surface area contributed by atoms with E-state index in [0.717, 1.165) is 86.5 Å². The molecule has 3 aromatic carbocycles. The van der Waals surface area contributed by atoms with Gasteiger partial charge in [0.2, 0.25) is 24.8 Å². The van der Waals surface area contributed by atoms with Gasteiger partial charge in [-0.25, -0.2) is 0 Å². The van der Waals surface area contributed by atoms with Gasteiger partial charge >= 0.3 is 0 Å². The molecule has 340 valence electrons. The summed E-state index contributed by atoms with van der Waals surface area (Å²) in [6.45, 7) is 5.41. The van der Waals surface area contributed by atoms with Crippen molar-refractivity contribution < 1.29 is 53.1 Å². The van der Waals surface area contributed by atoms with Crippen LogP contribution in [0.15, 0.2) is 90.1 Å². The first kappa shape index (κ1) is 44.0. The molecule has 13 heteroatoms. The number of hydrogen-bond acceptors (Lipinski definition) is 12. The standard InChI is InChI=1S/C51H60N2O11/c1-2-23-61-51-46(53(50(57)35-16-17-35)30-33-15-19-44-45(26-33)60-32-59-44)29-42(52-64-47-14-5-8-24-58-47)40-27-36(11-3-6-21-54)39(13-4-7-22-55)48(49(40)51)41-28-38(18-20-43(41)63-51)62-37-12-9-10-34(25-37)31-56/h2,9-10,12,15,18-20,25-28,31,35-36,39,46-49,54-55H,1,3-8,11,13-14,16-17,21-24,29-30,32H2. The molecule has 1 saturated heterocycles. The number of aldehydes is 1. The highest BCUT2D eigenvalue weighted by atomic mass is 16.8. The van der Waals surface area contributed by atoms with E-state index in [4.69, 9.17) is 38.4 Å². The summed E-state index contributed by atoms with van der Waals surface area (Å²) < 4.78 is 38.6. The van der Waals surface area contributed by atoms with Crippen LogP contribution >= 0.6 is 0 Å². The van der Waals surface area contributed by atoms with E-state index < -0.39 is 24.0 Å². The van der Waals surface area contributed by atoms with Gasteiger partial charge in [0, 0.05) is 55.6 Å². The molecule has 1 amide bonds. The Hall–Kier alpha value is -5.21. The van der Waals surface area contributed by atoms with Gasteiger partial charge in [0.15, 0.2) is 11.5 Å². The van der Waals surface area contributed by atoms with Crippen molar-refractivity contribution in [3.05, 3.63) is 102 Å². The summed E-state index contributed by atoms with van der Waals surface area (Å²) in [5, 5.41) is 25.0. The summed E-state index contributed by atoms with van der Waals surface area (Å²) in [4.78, 5) is 35.0. The van der Waals surface area contributed by atoms with Crippen molar-refractivity contribution in [3.8, 4) is 28.7 Å². The minimum absolute atomic E-state index is 0.0250. The first-order chi connectivity index (χ1) is 31.4. The molecule has 0 spiro atoms. The van der Waals surface area contributed by atoms with Crippen LogP contribution in [0.1, 0.15) is 104 Å². The Kier molecular flexibility index (Phi) is 13.7. The summed E-state index contributed by atoms with van der Waals surface area (Å²) in [5.74, 6) is 0.888. The number of benzene rings is 3. The van der Waals surface area contributed by atoms with Crippen LogP contribution in [0.25, 0.3) is 0 Å². The van der Waals surface area contributed by atoms with Crippen LogP contribution < -0.4 is 18.9 Å². The van der Waals surface area contributed by atoms with Crippen LogP contribution in [0.2, 0.25) is 0 Å². The number of ether oxygens (including phenoxy) is 6. The minimum atomic E-state index is -1.41. The SMILES string of the molecule is C=CCOC12Oc3ccc(Oc4cccc(C=O)c4)cc3C3C(CCCCO)C(CCCCO)C=C(C(=NOC4CCCCO4)CC1N(Cc1ccc4c(c1)OCO4)C(=O)C1CC1)C32. The van der Waals surface area contributed by atoms with Crippen LogP contribution in [0.3, 0.4) is 0 Å². The maximum Gasteiger partial charge on any atom is 0.239 e. The molecule has 0 aromatic heterocycles. The average Bonchev–Trinajstić information content (AvgIpc) is 4.07. The summed E-state index contributed by atoms with van der Waals surface area (Å²) in [5.41, 5.74) is 3.99. The highest BCUT2D eigenvalue weighted by Gasteiger charge is 2.66. The second-order valence-electron chi connectivity index (χ2n) is 17.9. The third kappa shape index (κ3) is 9.18. The molecular formula is C51H60N2O11. The number of hydrogen-bond donors (Lipinski definition) is 2. The third-order valence-corrected chi connectivity index (χ3v) is 13.7. The van der Waals surface area contributed by atoms with Crippen molar-refractivity contribution in [1.29, 1.82) is 0 Å². The predicted octanol–water partition coefficient (Wildman–Crippen LogP) is 8.62. The lowest BCUT2D eigenvalue weighted by Gasteiger charge is -2.60. The third-order valence-electron chi connectivity index (χ3n) is 13.7. The van der Waals surface area contributed by atoms with E-state index >= 15 is 0 Å². The van der Waals surface area contributed by atoms with Gasteiger partial charge in [0.25, 0.3) is 0 Å². The Bertz CT molecular complexity index is 2220. The smallest absolute Gasteiger partial charge is 0.239 e. The molecular weight excluding hydrogens is 817 g/mol. The fourth-order valence-electron chi connectivity index (χ4n) is 10.6. The first-order valence-electron chi connectivity index (χ1n) is 23.2. The topological polar surface area (TPSA) is 155 Å². The Balaban J connectivity index is 1.23. The number of carbonyl (C=O) groups is 2. The minimum Gasteiger partial charge on any atom is -0.459 e.